The van der Waals surface area contributed by atoms with E-state index < -0.39 is 0 Å². The minimum absolute atomic E-state index is 0.252. The highest BCUT2D eigenvalue weighted by Gasteiger charge is 2.12. The predicted molar refractivity (Wildman–Crippen MR) is 113 cm³/mol. The fourth-order valence-corrected chi connectivity index (χ4v) is 2.92. The topological polar surface area (TPSA) is 94.1 Å². The van der Waals surface area contributed by atoms with Crippen molar-refractivity contribution in [3.8, 4) is 29.3 Å². The van der Waals surface area contributed by atoms with Gasteiger partial charge in [0.2, 0.25) is 17.7 Å². The highest BCUT2D eigenvalue weighted by molar-refractivity contribution is 5.53. The van der Waals surface area contributed by atoms with Crippen molar-refractivity contribution in [3.05, 3.63) is 89.6 Å². The molecule has 0 radical (unpaired) electrons. The van der Waals surface area contributed by atoms with Gasteiger partial charge in [-0.1, -0.05) is 24.3 Å². The molecule has 4 aromatic rings. The van der Waals surface area contributed by atoms with Crippen molar-refractivity contribution < 1.29 is 13.9 Å². The quantitative estimate of drug-likeness (QED) is 0.415. The molecular formula is C24H20N4O3. The van der Waals surface area contributed by atoms with Crippen molar-refractivity contribution in [2.24, 2.45) is 0 Å². The van der Waals surface area contributed by atoms with Gasteiger partial charge in [-0.2, -0.15) is 5.26 Å². The highest BCUT2D eigenvalue weighted by Crippen LogP contribution is 2.22. The Morgan fingerprint density at radius 2 is 1.84 bits per heavy atom. The maximum Gasteiger partial charge on any atom is 0.226 e. The number of oxazole rings is 1. The molecule has 154 valence electrons. The molecule has 0 spiro atoms. The van der Waals surface area contributed by atoms with Crippen LogP contribution in [-0.2, 0) is 19.6 Å². The largest absolute Gasteiger partial charge is 0.473 e. The lowest BCUT2D eigenvalue weighted by atomic mass is 10.2. The van der Waals surface area contributed by atoms with E-state index in [0.717, 1.165) is 22.4 Å². The predicted octanol–water partition coefficient (Wildman–Crippen LogP) is 4.66. The van der Waals surface area contributed by atoms with Crippen LogP contribution in [0.3, 0.4) is 0 Å². The first-order chi connectivity index (χ1) is 15.2. The van der Waals surface area contributed by atoms with Crippen molar-refractivity contribution >= 4 is 0 Å². The van der Waals surface area contributed by atoms with E-state index in [9.17, 15) is 0 Å². The molecule has 7 heteroatoms. The van der Waals surface area contributed by atoms with Crippen LogP contribution in [0.25, 0.3) is 11.5 Å². The number of nitriles is 1. The third kappa shape index (κ3) is 5.06. The van der Waals surface area contributed by atoms with Crippen molar-refractivity contribution in [1.82, 2.24) is 15.0 Å². The summed E-state index contributed by atoms with van der Waals surface area (Å²) in [6.07, 6.45) is 3.58. The number of hydrogen-bond donors (Lipinski definition) is 0. The summed E-state index contributed by atoms with van der Waals surface area (Å²) in [5.74, 6) is 2.23. The van der Waals surface area contributed by atoms with Crippen molar-refractivity contribution in [1.29, 1.82) is 5.26 Å². The molecule has 0 saturated heterocycles. The van der Waals surface area contributed by atoms with Crippen LogP contribution in [0.15, 0.2) is 71.4 Å². The first kappa shape index (κ1) is 20.1. The molecule has 0 unspecified atom stereocenters. The van der Waals surface area contributed by atoms with E-state index in [-0.39, 0.29) is 13.0 Å². The Balaban J connectivity index is 1.34. The molecule has 0 bridgehead atoms. The van der Waals surface area contributed by atoms with E-state index in [1.54, 1.807) is 24.5 Å². The lowest BCUT2D eigenvalue weighted by Crippen LogP contribution is -2.02. The molecule has 4 rings (SSSR count). The van der Waals surface area contributed by atoms with Gasteiger partial charge in [0.05, 0.1) is 12.5 Å². The fourth-order valence-electron chi connectivity index (χ4n) is 2.92. The van der Waals surface area contributed by atoms with Crippen LogP contribution < -0.4 is 9.47 Å². The Bertz CT molecular complexity index is 1180. The lowest BCUT2D eigenvalue weighted by Gasteiger charge is -2.09. The molecule has 0 fully saturated rings. The zero-order valence-electron chi connectivity index (χ0n) is 17.0. The number of aromatic nitrogens is 3. The van der Waals surface area contributed by atoms with E-state index in [1.165, 1.54) is 0 Å². The monoisotopic (exact) mass is 412 g/mol. The summed E-state index contributed by atoms with van der Waals surface area (Å²) in [4.78, 5) is 13.0. The maximum atomic E-state index is 8.90. The summed E-state index contributed by atoms with van der Waals surface area (Å²) < 4.78 is 17.3. The van der Waals surface area contributed by atoms with E-state index >= 15 is 0 Å². The smallest absolute Gasteiger partial charge is 0.226 e. The average Bonchev–Trinajstić information content (AvgIpc) is 3.19. The first-order valence-corrected chi connectivity index (χ1v) is 9.76. The van der Waals surface area contributed by atoms with Crippen molar-refractivity contribution in [3.63, 3.8) is 0 Å². The summed E-state index contributed by atoms with van der Waals surface area (Å²) in [7, 11) is 0. The molecule has 31 heavy (non-hydrogen) atoms. The molecule has 0 saturated carbocycles. The summed E-state index contributed by atoms with van der Waals surface area (Å²) in [5, 5.41) is 8.90. The summed E-state index contributed by atoms with van der Waals surface area (Å²) in [5.41, 5.74) is 3.28. The molecule has 0 aliphatic rings. The zero-order valence-corrected chi connectivity index (χ0v) is 17.0. The molecule has 3 heterocycles. The number of aryl methyl sites for hydroxylation is 1. The van der Waals surface area contributed by atoms with Crippen LogP contribution in [0.5, 0.6) is 11.8 Å². The second-order valence-corrected chi connectivity index (χ2v) is 6.77. The molecular weight excluding hydrogens is 392 g/mol. The Hall–Kier alpha value is -4.18. The Kier molecular flexibility index (Phi) is 6.19. The molecule has 0 aliphatic heterocycles. The van der Waals surface area contributed by atoms with Gasteiger partial charge in [0.15, 0.2) is 0 Å². The lowest BCUT2D eigenvalue weighted by molar-refractivity contribution is 0.282. The van der Waals surface area contributed by atoms with Crippen LogP contribution in [0.4, 0.5) is 0 Å². The van der Waals surface area contributed by atoms with Crippen molar-refractivity contribution in [2.45, 2.75) is 26.6 Å². The minimum Gasteiger partial charge on any atom is -0.473 e. The molecule has 0 N–H and O–H groups in total. The Morgan fingerprint density at radius 3 is 2.61 bits per heavy atom. The standard InChI is InChI=1S/C24H20N4O3/c1-17-21(28-24(31-17)19-6-3-2-4-7-19)16-29-22-10-9-18(14-27-22)15-30-23-20(11-12-25)8-5-13-26-23/h2-10,13-14H,11,15-16H2,1H3. The minimum atomic E-state index is 0.252. The second kappa shape index (κ2) is 9.55. The third-order valence-corrected chi connectivity index (χ3v) is 4.56. The van der Waals surface area contributed by atoms with E-state index in [0.29, 0.717) is 30.0 Å². The Morgan fingerprint density at radius 1 is 0.968 bits per heavy atom. The number of ether oxygens (including phenoxy) is 2. The number of nitrogens with zero attached hydrogens (tertiary/aromatic N) is 4. The summed E-state index contributed by atoms with van der Waals surface area (Å²) in [6.45, 7) is 2.42. The van der Waals surface area contributed by atoms with Gasteiger partial charge in [-0.05, 0) is 31.2 Å². The number of rotatable bonds is 8. The van der Waals surface area contributed by atoms with Gasteiger partial charge in [0, 0.05) is 35.2 Å². The van der Waals surface area contributed by atoms with E-state index in [2.05, 4.69) is 21.0 Å². The highest BCUT2D eigenvalue weighted by atomic mass is 16.5. The SMILES string of the molecule is Cc1oc(-c2ccccc2)nc1COc1ccc(COc2ncccc2CC#N)cn1. The van der Waals surface area contributed by atoms with Crippen LogP contribution in [0.2, 0.25) is 0 Å². The second-order valence-electron chi connectivity index (χ2n) is 6.77. The van der Waals surface area contributed by atoms with Gasteiger partial charge in [-0.25, -0.2) is 15.0 Å². The average molecular weight is 412 g/mol. The van der Waals surface area contributed by atoms with Crippen LogP contribution >= 0.6 is 0 Å². The normalized spacial score (nSPS) is 10.5. The van der Waals surface area contributed by atoms with E-state index in [4.69, 9.17) is 19.2 Å². The van der Waals surface area contributed by atoms with E-state index in [1.807, 2.05) is 49.4 Å². The van der Waals surface area contributed by atoms with Crippen LogP contribution in [-0.4, -0.2) is 15.0 Å². The molecule has 3 aromatic heterocycles. The van der Waals surface area contributed by atoms with Gasteiger partial charge < -0.3 is 13.9 Å². The number of pyridine rings is 2. The summed E-state index contributed by atoms with van der Waals surface area (Å²) in [6, 6.07) is 19.1. The van der Waals surface area contributed by atoms with Crippen LogP contribution in [0, 0.1) is 18.3 Å². The first-order valence-electron chi connectivity index (χ1n) is 9.76. The molecule has 7 nitrogen and oxygen atoms in total. The van der Waals surface area contributed by atoms with Crippen LogP contribution in [0.1, 0.15) is 22.6 Å². The van der Waals surface area contributed by atoms with Gasteiger partial charge in [-0.3, -0.25) is 0 Å². The summed E-state index contributed by atoms with van der Waals surface area (Å²) >= 11 is 0. The molecule has 1 aromatic carbocycles. The van der Waals surface area contributed by atoms with Gasteiger partial charge in [0.1, 0.15) is 24.7 Å². The molecule has 0 amide bonds. The number of benzene rings is 1. The zero-order chi connectivity index (χ0) is 21.5. The van der Waals surface area contributed by atoms with Crippen molar-refractivity contribution in [2.75, 3.05) is 0 Å². The Labute approximate surface area is 180 Å². The van der Waals surface area contributed by atoms with Gasteiger partial charge in [-0.15, -0.1) is 0 Å². The molecule has 0 aliphatic carbocycles. The fraction of sp³-hybridized carbons (Fsp3) is 0.167. The van der Waals surface area contributed by atoms with Gasteiger partial charge >= 0.3 is 0 Å². The maximum absolute atomic E-state index is 8.90. The number of hydrogen-bond acceptors (Lipinski definition) is 7. The third-order valence-electron chi connectivity index (χ3n) is 4.56. The van der Waals surface area contributed by atoms with Gasteiger partial charge in [0.25, 0.3) is 0 Å². The molecule has 0 atom stereocenters.